The fourth-order valence-corrected chi connectivity index (χ4v) is 3.41. The van der Waals surface area contributed by atoms with Crippen molar-refractivity contribution >= 4 is 29.1 Å². The molecule has 2 heterocycles. The Morgan fingerprint density at radius 1 is 1.26 bits per heavy atom. The molecular weight excluding hydrogens is 333 g/mol. The predicted molar refractivity (Wildman–Crippen MR) is 92.1 cm³/mol. The molecule has 0 aliphatic carbocycles. The van der Waals surface area contributed by atoms with Crippen LogP contribution < -0.4 is 0 Å². The van der Waals surface area contributed by atoms with Crippen LogP contribution in [0.15, 0.2) is 24.4 Å². The summed E-state index contributed by atoms with van der Waals surface area (Å²) in [5.74, 6) is -0.0687. The van der Waals surface area contributed by atoms with E-state index in [1.165, 1.54) is 5.69 Å². The largest absolute Gasteiger partial charge is 0.334 e. The van der Waals surface area contributed by atoms with Gasteiger partial charge in [0.15, 0.2) is 0 Å². The molecule has 6 heteroatoms. The van der Waals surface area contributed by atoms with E-state index in [9.17, 15) is 4.79 Å². The molecule has 0 bridgehead atoms. The molecule has 1 aromatic heterocycles. The SMILES string of the molecule is CC(C)(C)n1ncc2c1CCN(C(=O)c1ccc(Cl)cc1Cl)C2. The number of hydrogen-bond donors (Lipinski definition) is 0. The van der Waals surface area contributed by atoms with Gasteiger partial charge in [-0.25, -0.2) is 0 Å². The number of fused-ring (bicyclic) bond motifs is 1. The maximum atomic E-state index is 12.7. The van der Waals surface area contributed by atoms with Crippen LogP contribution in [0.25, 0.3) is 0 Å². The van der Waals surface area contributed by atoms with Crippen molar-refractivity contribution in [2.45, 2.75) is 39.3 Å². The van der Waals surface area contributed by atoms with Crippen LogP contribution in [0.2, 0.25) is 10.0 Å². The van der Waals surface area contributed by atoms with E-state index >= 15 is 0 Å². The Morgan fingerprint density at radius 2 is 2.00 bits per heavy atom. The van der Waals surface area contributed by atoms with Gasteiger partial charge in [-0.15, -0.1) is 0 Å². The third-order valence-electron chi connectivity index (χ3n) is 4.02. The monoisotopic (exact) mass is 351 g/mol. The summed E-state index contributed by atoms with van der Waals surface area (Å²) in [5, 5.41) is 5.41. The minimum absolute atomic E-state index is 0.0563. The van der Waals surface area contributed by atoms with Crippen LogP contribution in [0, 0.1) is 0 Å². The van der Waals surface area contributed by atoms with Crippen molar-refractivity contribution in [1.29, 1.82) is 0 Å². The van der Waals surface area contributed by atoms with Gasteiger partial charge in [0.05, 0.1) is 22.3 Å². The van der Waals surface area contributed by atoms with Crippen LogP contribution in [0.3, 0.4) is 0 Å². The molecule has 0 fully saturated rings. The molecule has 122 valence electrons. The number of carbonyl (C=O) groups is 1. The van der Waals surface area contributed by atoms with Crippen molar-refractivity contribution in [2.75, 3.05) is 6.54 Å². The molecule has 0 spiro atoms. The number of nitrogens with zero attached hydrogens (tertiary/aromatic N) is 3. The number of hydrogen-bond acceptors (Lipinski definition) is 2. The third kappa shape index (κ3) is 3.10. The maximum Gasteiger partial charge on any atom is 0.255 e. The first-order valence-corrected chi connectivity index (χ1v) is 8.33. The quantitative estimate of drug-likeness (QED) is 0.774. The predicted octanol–water partition coefficient (Wildman–Crippen LogP) is 4.14. The minimum atomic E-state index is -0.0687. The molecule has 1 aliphatic heterocycles. The van der Waals surface area contributed by atoms with E-state index in [1.807, 2.05) is 11.1 Å². The van der Waals surface area contributed by atoms with Gasteiger partial charge in [0.25, 0.3) is 5.91 Å². The van der Waals surface area contributed by atoms with Crippen molar-refractivity contribution in [3.05, 3.63) is 51.3 Å². The highest BCUT2D eigenvalue weighted by molar-refractivity contribution is 6.36. The summed E-state index contributed by atoms with van der Waals surface area (Å²) in [4.78, 5) is 14.5. The molecule has 4 nitrogen and oxygen atoms in total. The first kappa shape index (κ1) is 16.3. The fraction of sp³-hybridized carbons (Fsp3) is 0.412. The lowest BCUT2D eigenvalue weighted by Gasteiger charge is -2.30. The number of aromatic nitrogens is 2. The van der Waals surface area contributed by atoms with Crippen LogP contribution in [-0.2, 0) is 18.5 Å². The molecule has 0 radical (unpaired) electrons. The number of halogens is 2. The van der Waals surface area contributed by atoms with Gasteiger partial charge in [0.2, 0.25) is 0 Å². The summed E-state index contributed by atoms with van der Waals surface area (Å²) in [6, 6.07) is 4.97. The molecule has 1 aromatic carbocycles. The van der Waals surface area contributed by atoms with Gasteiger partial charge >= 0.3 is 0 Å². The second-order valence-corrected chi connectivity index (χ2v) is 7.64. The summed E-state index contributed by atoms with van der Waals surface area (Å²) in [6.45, 7) is 7.61. The lowest BCUT2D eigenvalue weighted by molar-refractivity contribution is 0.0732. The van der Waals surface area contributed by atoms with E-state index in [0.29, 0.717) is 28.7 Å². The molecular formula is C17H19Cl2N3O. The number of rotatable bonds is 1. The molecule has 23 heavy (non-hydrogen) atoms. The van der Waals surface area contributed by atoms with Crippen LogP contribution in [-0.4, -0.2) is 27.1 Å². The Morgan fingerprint density at radius 3 is 2.65 bits per heavy atom. The molecule has 1 aliphatic rings. The maximum absolute atomic E-state index is 12.7. The Labute approximate surface area is 146 Å². The second-order valence-electron chi connectivity index (χ2n) is 6.80. The minimum Gasteiger partial charge on any atom is -0.334 e. The summed E-state index contributed by atoms with van der Waals surface area (Å²) in [5.41, 5.74) is 2.75. The Kier molecular flexibility index (Phi) is 4.15. The molecule has 2 aromatic rings. The van der Waals surface area contributed by atoms with Crippen molar-refractivity contribution in [1.82, 2.24) is 14.7 Å². The van der Waals surface area contributed by atoms with Crippen molar-refractivity contribution in [3.63, 3.8) is 0 Å². The summed E-state index contributed by atoms with van der Waals surface area (Å²) < 4.78 is 2.05. The standard InChI is InChI=1S/C17H19Cl2N3O/c1-17(2,3)22-15-6-7-21(10-11(15)9-20-22)16(23)13-5-4-12(18)8-14(13)19/h4-5,8-9H,6-7,10H2,1-3H3. The number of amides is 1. The molecule has 3 rings (SSSR count). The van der Waals surface area contributed by atoms with Crippen LogP contribution >= 0.6 is 23.2 Å². The van der Waals surface area contributed by atoms with Gasteiger partial charge < -0.3 is 4.90 Å². The van der Waals surface area contributed by atoms with Gasteiger partial charge in [-0.2, -0.15) is 5.10 Å². The lowest BCUT2D eigenvalue weighted by atomic mass is 10.0. The Balaban J connectivity index is 1.85. The third-order valence-corrected chi connectivity index (χ3v) is 4.57. The van der Waals surface area contributed by atoms with Gasteiger partial charge in [-0.1, -0.05) is 23.2 Å². The topological polar surface area (TPSA) is 38.1 Å². The zero-order chi connectivity index (χ0) is 16.8. The van der Waals surface area contributed by atoms with Crippen LogP contribution in [0.4, 0.5) is 0 Å². The highest BCUT2D eigenvalue weighted by Crippen LogP contribution is 2.27. The Hall–Kier alpha value is -1.52. The highest BCUT2D eigenvalue weighted by atomic mass is 35.5. The number of benzene rings is 1. The van der Waals surface area contributed by atoms with Gasteiger partial charge in [0.1, 0.15) is 0 Å². The normalized spacial score (nSPS) is 14.7. The zero-order valence-corrected chi connectivity index (χ0v) is 14.9. The lowest BCUT2D eigenvalue weighted by Crippen LogP contribution is -2.37. The van der Waals surface area contributed by atoms with Gasteiger partial charge in [0, 0.05) is 35.8 Å². The van der Waals surface area contributed by atoms with Crippen molar-refractivity contribution in [2.24, 2.45) is 0 Å². The van der Waals surface area contributed by atoms with E-state index in [0.717, 1.165) is 12.0 Å². The molecule has 0 saturated heterocycles. The molecule has 0 N–H and O–H groups in total. The smallest absolute Gasteiger partial charge is 0.255 e. The van der Waals surface area contributed by atoms with Crippen molar-refractivity contribution in [3.8, 4) is 0 Å². The average molecular weight is 352 g/mol. The van der Waals surface area contributed by atoms with E-state index in [-0.39, 0.29) is 11.4 Å². The number of carbonyl (C=O) groups excluding carboxylic acids is 1. The molecule has 0 saturated carbocycles. The van der Waals surface area contributed by atoms with Gasteiger partial charge in [-0.3, -0.25) is 9.48 Å². The average Bonchev–Trinajstić information content (AvgIpc) is 2.89. The van der Waals surface area contributed by atoms with Crippen LogP contribution in [0.1, 0.15) is 42.4 Å². The molecule has 1 amide bonds. The van der Waals surface area contributed by atoms with Gasteiger partial charge in [-0.05, 0) is 39.0 Å². The van der Waals surface area contributed by atoms with Crippen molar-refractivity contribution < 1.29 is 4.79 Å². The van der Waals surface area contributed by atoms with E-state index in [1.54, 1.807) is 18.2 Å². The first-order valence-electron chi connectivity index (χ1n) is 7.58. The zero-order valence-electron chi connectivity index (χ0n) is 13.4. The summed E-state index contributed by atoms with van der Waals surface area (Å²) in [7, 11) is 0. The first-order chi connectivity index (χ1) is 10.8. The van der Waals surface area contributed by atoms with E-state index < -0.39 is 0 Å². The fourth-order valence-electron chi connectivity index (χ4n) is 2.92. The summed E-state index contributed by atoms with van der Waals surface area (Å²) >= 11 is 12.1. The second kappa shape index (κ2) is 5.84. The molecule has 0 atom stereocenters. The van der Waals surface area contributed by atoms with Crippen LogP contribution in [0.5, 0.6) is 0 Å². The summed E-state index contributed by atoms with van der Waals surface area (Å²) in [6.07, 6.45) is 2.66. The molecule has 0 unspecified atom stereocenters. The van der Waals surface area contributed by atoms with E-state index in [2.05, 4.69) is 30.6 Å². The Bertz CT molecular complexity index is 762. The van der Waals surface area contributed by atoms with E-state index in [4.69, 9.17) is 23.2 Å². The highest BCUT2D eigenvalue weighted by Gasteiger charge is 2.28.